The Labute approximate surface area is 190 Å². The van der Waals surface area contributed by atoms with E-state index < -0.39 is 42.5 Å². The zero-order valence-electron chi connectivity index (χ0n) is 18.9. The molecule has 32 heavy (non-hydrogen) atoms. The van der Waals surface area contributed by atoms with Gasteiger partial charge in [-0.05, 0) is 62.3 Å². The summed E-state index contributed by atoms with van der Waals surface area (Å²) in [6.45, 7) is 4.00. The van der Waals surface area contributed by atoms with Crippen LogP contribution < -0.4 is 5.32 Å². The van der Waals surface area contributed by atoms with Gasteiger partial charge >= 0.3 is 0 Å². The van der Waals surface area contributed by atoms with Crippen LogP contribution in [0, 0.1) is 12.7 Å². The van der Waals surface area contributed by atoms with Crippen LogP contribution in [0.5, 0.6) is 0 Å². The summed E-state index contributed by atoms with van der Waals surface area (Å²) in [5.41, 5.74) is 2.56. The third-order valence-corrected chi connectivity index (χ3v) is 10.4. The van der Waals surface area contributed by atoms with E-state index in [0.717, 1.165) is 24.1 Å². The van der Waals surface area contributed by atoms with Gasteiger partial charge in [-0.1, -0.05) is 31.2 Å². The van der Waals surface area contributed by atoms with Crippen LogP contribution in [0.25, 0.3) is 0 Å². The summed E-state index contributed by atoms with van der Waals surface area (Å²) >= 11 is 0. The third-order valence-electron chi connectivity index (χ3n) is 6.11. The maximum absolute atomic E-state index is 13.5. The number of likely N-dealkylation sites (N-methyl/N-ethyl adjacent to an activating group) is 1. The van der Waals surface area contributed by atoms with Crippen LogP contribution in [0.15, 0.2) is 47.4 Å². The molecule has 2 aromatic rings. The molecule has 6 nitrogen and oxygen atoms in total. The molecule has 0 saturated carbocycles. The fraction of sp³-hybridized carbons (Fsp3) is 0.478. The topological polar surface area (TPSA) is 83.5 Å². The number of nitrogens with zero attached hydrogens (tertiary/aromatic N) is 1. The monoisotopic (exact) mass is 482 g/mol. The lowest BCUT2D eigenvalue weighted by molar-refractivity contribution is 0.282. The van der Waals surface area contributed by atoms with E-state index in [2.05, 4.69) is 24.4 Å². The fourth-order valence-electron chi connectivity index (χ4n) is 4.24. The highest BCUT2D eigenvalue weighted by molar-refractivity contribution is 7.96. The second-order valence-corrected chi connectivity index (χ2v) is 12.9. The van der Waals surface area contributed by atoms with Gasteiger partial charge in [-0.3, -0.25) is 0 Å². The summed E-state index contributed by atoms with van der Waals surface area (Å²) in [4.78, 5) is 2.00. The van der Waals surface area contributed by atoms with E-state index in [1.165, 1.54) is 18.6 Å². The van der Waals surface area contributed by atoms with Gasteiger partial charge in [-0.2, -0.15) is 0 Å². The molecule has 1 heterocycles. The molecule has 3 rings (SSSR count). The van der Waals surface area contributed by atoms with Crippen LogP contribution in [-0.2, 0) is 26.1 Å². The Morgan fingerprint density at radius 1 is 1.12 bits per heavy atom. The van der Waals surface area contributed by atoms with Crippen molar-refractivity contribution in [2.45, 2.75) is 42.5 Å². The van der Waals surface area contributed by atoms with Crippen LogP contribution in [0.2, 0.25) is 0 Å². The Hall–Kier alpha value is -1.81. The number of benzene rings is 2. The van der Waals surface area contributed by atoms with Crippen molar-refractivity contribution in [3.63, 3.8) is 0 Å². The lowest BCUT2D eigenvalue weighted by Crippen LogP contribution is -2.46. The molecule has 0 amide bonds. The molecule has 3 atom stereocenters. The molecule has 0 radical (unpaired) electrons. The third kappa shape index (κ3) is 5.39. The molecule has 0 aliphatic carbocycles. The minimum atomic E-state index is -3.97. The number of rotatable bonds is 8. The van der Waals surface area contributed by atoms with E-state index in [1.54, 1.807) is 0 Å². The SMILES string of the molecule is CCc1ccc(C(CN[C@H]2CS(=O)(=O)C[C@@H]2S(=O)(=O)c2ccc(F)cc2C)N(C)C)cc1. The molecule has 1 aliphatic rings. The van der Waals surface area contributed by atoms with Gasteiger partial charge in [0.15, 0.2) is 19.7 Å². The highest BCUT2D eigenvalue weighted by Crippen LogP contribution is 2.29. The average molecular weight is 483 g/mol. The van der Waals surface area contributed by atoms with E-state index in [0.29, 0.717) is 6.54 Å². The van der Waals surface area contributed by atoms with Gasteiger partial charge in [-0.25, -0.2) is 21.2 Å². The number of hydrogen-bond acceptors (Lipinski definition) is 6. The lowest BCUT2D eigenvalue weighted by atomic mass is 10.0. The molecule has 0 bridgehead atoms. The molecule has 9 heteroatoms. The van der Waals surface area contributed by atoms with Crippen LogP contribution in [0.1, 0.15) is 29.7 Å². The first kappa shape index (κ1) is 24.8. The zero-order chi connectivity index (χ0) is 23.7. The van der Waals surface area contributed by atoms with Crippen molar-refractivity contribution in [2.75, 3.05) is 32.1 Å². The summed E-state index contributed by atoms with van der Waals surface area (Å²) < 4.78 is 65.0. The van der Waals surface area contributed by atoms with Crippen LogP contribution in [-0.4, -0.2) is 65.2 Å². The Balaban J connectivity index is 1.86. The van der Waals surface area contributed by atoms with Crippen LogP contribution >= 0.6 is 0 Å². The van der Waals surface area contributed by atoms with Gasteiger partial charge in [0.1, 0.15) is 5.82 Å². The van der Waals surface area contributed by atoms with Gasteiger partial charge < -0.3 is 10.2 Å². The minimum Gasteiger partial charge on any atom is -0.310 e. The highest BCUT2D eigenvalue weighted by Gasteiger charge is 2.46. The van der Waals surface area contributed by atoms with Gasteiger partial charge in [-0.15, -0.1) is 0 Å². The Morgan fingerprint density at radius 2 is 1.78 bits per heavy atom. The summed E-state index contributed by atoms with van der Waals surface area (Å²) in [5.74, 6) is -1.22. The first-order valence-electron chi connectivity index (χ1n) is 10.6. The predicted molar refractivity (Wildman–Crippen MR) is 125 cm³/mol. The summed E-state index contributed by atoms with van der Waals surface area (Å²) in [6, 6.07) is 10.9. The van der Waals surface area contributed by atoms with E-state index in [1.807, 2.05) is 31.1 Å². The Morgan fingerprint density at radius 3 is 2.34 bits per heavy atom. The molecular formula is C23H31FN2O4S2. The molecule has 0 spiro atoms. The molecule has 1 fully saturated rings. The average Bonchev–Trinajstić information content (AvgIpc) is 3.03. The summed E-state index contributed by atoms with van der Waals surface area (Å²) in [5, 5.41) is 2.11. The van der Waals surface area contributed by atoms with Gasteiger partial charge in [0.25, 0.3) is 0 Å². The first-order valence-corrected chi connectivity index (χ1v) is 14.0. The number of aryl methyl sites for hydroxylation is 2. The molecule has 1 N–H and O–H groups in total. The Bertz CT molecular complexity index is 1160. The van der Waals surface area contributed by atoms with E-state index in [-0.39, 0.29) is 22.3 Å². The van der Waals surface area contributed by atoms with Crippen molar-refractivity contribution in [3.05, 3.63) is 65.0 Å². The normalized spacial score (nSPS) is 21.7. The van der Waals surface area contributed by atoms with E-state index in [4.69, 9.17) is 0 Å². The smallest absolute Gasteiger partial charge is 0.184 e. The highest BCUT2D eigenvalue weighted by atomic mass is 32.2. The van der Waals surface area contributed by atoms with Crippen molar-refractivity contribution in [2.24, 2.45) is 0 Å². The molecular weight excluding hydrogens is 451 g/mol. The molecule has 1 saturated heterocycles. The van der Waals surface area contributed by atoms with Crippen molar-refractivity contribution in [3.8, 4) is 0 Å². The largest absolute Gasteiger partial charge is 0.310 e. The van der Waals surface area contributed by atoms with Gasteiger partial charge in [0.2, 0.25) is 0 Å². The molecule has 0 aromatic heterocycles. The predicted octanol–water partition coefficient (Wildman–Crippen LogP) is 2.53. The van der Waals surface area contributed by atoms with Gasteiger partial charge in [0.05, 0.1) is 21.7 Å². The number of nitrogens with one attached hydrogen (secondary N) is 1. The second-order valence-electron chi connectivity index (χ2n) is 8.66. The Kier molecular flexibility index (Phi) is 7.44. The fourth-order valence-corrected chi connectivity index (χ4v) is 9.19. The second kappa shape index (κ2) is 9.59. The number of sulfone groups is 2. The number of halogens is 1. The molecule has 1 aliphatic heterocycles. The molecule has 2 aromatic carbocycles. The lowest BCUT2D eigenvalue weighted by Gasteiger charge is -2.28. The van der Waals surface area contributed by atoms with Crippen molar-refractivity contribution in [1.82, 2.24) is 10.2 Å². The van der Waals surface area contributed by atoms with Crippen molar-refractivity contribution < 1.29 is 21.2 Å². The van der Waals surface area contributed by atoms with Crippen molar-refractivity contribution >= 4 is 19.7 Å². The number of hydrogen-bond donors (Lipinski definition) is 1. The zero-order valence-corrected chi connectivity index (χ0v) is 20.5. The first-order chi connectivity index (χ1) is 14.9. The van der Waals surface area contributed by atoms with Crippen LogP contribution in [0.4, 0.5) is 4.39 Å². The summed E-state index contributed by atoms with van der Waals surface area (Å²) in [6.07, 6.45) is 0.938. The quantitative estimate of drug-likeness (QED) is 0.582. The standard InChI is InChI=1S/C23H31FN2O4S2/c1-5-17-6-8-18(9-7-17)21(26(3)4)13-25-20-14-31(27,28)15-23(20)32(29,30)22-11-10-19(24)12-16(22)2/h6-12,20-21,23,25H,5,13-15H2,1-4H3/t20-,21?,23-/m0/s1. The maximum Gasteiger partial charge on any atom is 0.184 e. The molecule has 176 valence electrons. The summed E-state index contributed by atoms with van der Waals surface area (Å²) in [7, 11) is -3.63. The van der Waals surface area contributed by atoms with Crippen LogP contribution in [0.3, 0.4) is 0 Å². The van der Waals surface area contributed by atoms with Gasteiger partial charge in [0, 0.05) is 18.6 Å². The van der Waals surface area contributed by atoms with E-state index in [9.17, 15) is 21.2 Å². The minimum absolute atomic E-state index is 0.0212. The maximum atomic E-state index is 13.5. The van der Waals surface area contributed by atoms with Crippen molar-refractivity contribution in [1.29, 1.82) is 0 Å². The molecule has 1 unspecified atom stereocenters. The van der Waals surface area contributed by atoms with E-state index >= 15 is 0 Å².